The molecule has 0 saturated heterocycles. The third kappa shape index (κ3) is 3.23. The Morgan fingerprint density at radius 1 is 1.40 bits per heavy atom. The molecule has 1 aromatic carbocycles. The Bertz CT molecular complexity index is 961. The Morgan fingerprint density at radius 2 is 2.12 bits per heavy atom. The van der Waals surface area contributed by atoms with Crippen LogP contribution in [0.3, 0.4) is 0 Å². The van der Waals surface area contributed by atoms with Gasteiger partial charge in [0.2, 0.25) is 0 Å². The number of aromatic nitrogens is 2. The van der Waals surface area contributed by atoms with Crippen molar-refractivity contribution in [1.82, 2.24) is 9.78 Å². The maximum absolute atomic E-state index is 12.3. The number of nitrogens with two attached hydrogens (primary N) is 1. The fourth-order valence-corrected chi connectivity index (χ4v) is 2.48. The first-order chi connectivity index (χ1) is 12.0. The number of amides is 1. The molecule has 0 aliphatic rings. The summed E-state index contributed by atoms with van der Waals surface area (Å²) in [6, 6.07) is 10.7. The number of carbonyl (C=O) groups excluding carboxylic acids is 1. The van der Waals surface area contributed by atoms with Gasteiger partial charge >= 0.3 is 0 Å². The van der Waals surface area contributed by atoms with Crippen molar-refractivity contribution in [2.24, 2.45) is 0 Å². The van der Waals surface area contributed by atoms with Crippen LogP contribution in [0, 0.1) is 18.3 Å². The molecule has 3 aromatic rings. The molecule has 7 nitrogen and oxygen atoms in total. The van der Waals surface area contributed by atoms with Crippen molar-refractivity contribution >= 4 is 17.4 Å². The standard InChI is InChI=1S/C18H17N5O2/c1-3-15-11(2)8-16(25-15)18(24)21-13-4-6-14(7-5-13)23-10-12(9-19)17(20)22-23/h4-8,10H,3H2,1-2H3,(H2,20,22)(H,21,24). The summed E-state index contributed by atoms with van der Waals surface area (Å²) in [6.07, 6.45) is 2.30. The van der Waals surface area contributed by atoms with E-state index in [1.165, 1.54) is 4.68 Å². The lowest BCUT2D eigenvalue weighted by Crippen LogP contribution is -2.11. The van der Waals surface area contributed by atoms with E-state index in [2.05, 4.69) is 10.4 Å². The molecule has 0 aliphatic heterocycles. The molecular weight excluding hydrogens is 318 g/mol. The molecule has 25 heavy (non-hydrogen) atoms. The van der Waals surface area contributed by atoms with Crippen LogP contribution >= 0.6 is 0 Å². The van der Waals surface area contributed by atoms with Crippen LogP contribution in [-0.2, 0) is 6.42 Å². The monoisotopic (exact) mass is 335 g/mol. The Kier molecular flexibility index (Phi) is 4.27. The van der Waals surface area contributed by atoms with Crippen molar-refractivity contribution in [3.8, 4) is 11.8 Å². The van der Waals surface area contributed by atoms with Gasteiger partial charge in [-0.2, -0.15) is 5.26 Å². The van der Waals surface area contributed by atoms with E-state index in [0.717, 1.165) is 23.4 Å². The summed E-state index contributed by atoms with van der Waals surface area (Å²) in [5.74, 6) is 0.979. The summed E-state index contributed by atoms with van der Waals surface area (Å²) in [6.45, 7) is 3.89. The first kappa shape index (κ1) is 16.3. The normalized spacial score (nSPS) is 10.4. The Hall–Kier alpha value is -3.53. The molecule has 0 atom stereocenters. The van der Waals surface area contributed by atoms with Gasteiger partial charge in [0.25, 0.3) is 5.91 Å². The van der Waals surface area contributed by atoms with E-state index in [4.69, 9.17) is 15.4 Å². The maximum Gasteiger partial charge on any atom is 0.291 e. The summed E-state index contributed by atoms with van der Waals surface area (Å²) < 4.78 is 7.07. The average molecular weight is 335 g/mol. The molecule has 0 unspecified atom stereocenters. The number of benzene rings is 1. The SMILES string of the molecule is CCc1oc(C(=O)Nc2ccc(-n3cc(C#N)c(N)n3)cc2)cc1C. The van der Waals surface area contributed by atoms with Crippen molar-refractivity contribution in [3.05, 3.63) is 59.2 Å². The van der Waals surface area contributed by atoms with Crippen LogP contribution in [0.15, 0.2) is 40.9 Å². The zero-order chi connectivity index (χ0) is 18.0. The molecule has 3 rings (SSSR count). The number of nitrogens with zero attached hydrogens (tertiary/aromatic N) is 3. The Morgan fingerprint density at radius 3 is 2.68 bits per heavy atom. The summed E-state index contributed by atoms with van der Waals surface area (Å²) in [4.78, 5) is 12.3. The fourth-order valence-electron chi connectivity index (χ4n) is 2.48. The van der Waals surface area contributed by atoms with E-state index in [1.807, 2.05) is 19.9 Å². The zero-order valence-electron chi connectivity index (χ0n) is 13.9. The van der Waals surface area contributed by atoms with Crippen molar-refractivity contribution in [2.75, 3.05) is 11.1 Å². The number of nitrogen functional groups attached to an aromatic ring is 1. The maximum atomic E-state index is 12.3. The first-order valence-corrected chi connectivity index (χ1v) is 7.78. The number of hydrogen-bond acceptors (Lipinski definition) is 5. The van der Waals surface area contributed by atoms with Crippen molar-refractivity contribution in [1.29, 1.82) is 5.26 Å². The molecule has 0 fully saturated rings. The van der Waals surface area contributed by atoms with Gasteiger partial charge in [0.1, 0.15) is 17.4 Å². The molecule has 0 bridgehead atoms. The van der Waals surface area contributed by atoms with Crippen molar-refractivity contribution < 1.29 is 9.21 Å². The van der Waals surface area contributed by atoms with E-state index in [1.54, 1.807) is 36.5 Å². The van der Waals surface area contributed by atoms with E-state index in [9.17, 15) is 4.79 Å². The molecule has 0 radical (unpaired) electrons. The highest BCUT2D eigenvalue weighted by molar-refractivity contribution is 6.02. The van der Waals surface area contributed by atoms with E-state index >= 15 is 0 Å². The van der Waals surface area contributed by atoms with Gasteiger partial charge in [-0.3, -0.25) is 4.79 Å². The van der Waals surface area contributed by atoms with Gasteiger partial charge in [0, 0.05) is 12.1 Å². The second-order valence-electron chi connectivity index (χ2n) is 5.56. The topological polar surface area (TPSA) is 110 Å². The lowest BCUT2D eigenvalue weighted by molar-refractivity contribution is 0.0995. The van der Waals surface area contributed by atoms with Crippen molar-refractivity contribution in [3.63, 3.8) is 0 Å². The smallest absolute Gasteiger partial charge is 0.291 e. The third-order valence-corrected chi connectivity index (χ3v) is 3.82. The molecule has 0 saturated carbocycles. The fraction of sp³-hybridized carbons (Fsp3) is 0.167. The number of nitriles is 1. The lowest BCUT2D eigenvalue weighted by atomic mass is 10.2. The highest BCUT2D eigenvalue weighted by atomic mass is 16.4. The van der Waals surface area contributed by atoms with Crippen LogP contribution in [0.5, 0.6) is 0 Å². The first-order valence-electron chi connectivity index (χ1n) is 7.78. The molecule has 0 aliphatic carbocycles. The molecule has 7 heteroatoms. The van der Waals surface area contributed by atoms with Gasteiger partial charge < -0.3 is 15.5 Å². The summed E-state index contributed by atoms with van der Waals surface area (Å²) >= 11 is 0. The minimum absolute atomic E-state index is 0.180. The second kappa shape index (κ2) is 6.53. The van der Waals surface area contributed by atoms with Gasteiger partial charge in [-0.1, -0.05) is 6.92 Å². The number of anilines is 2. The molecular formula is C18H17N5O2. The van der Waals surface area contributed by atoms with E-state index in [0.29, 0.717) is 11.3 Å². The quantitative estimate of drug-likeness (QED) is 0.761. The van der Waals surface area contributed by atoms with Crippen LogP contribution in [0.25, 0.3) is 5.69 Å². The number of hydrogen-bond donors (Lipinski definition) is 2. The predicted molar refractivity (Wildman–Crippen MR) is 93.5 cm³/mol. The number of carbonyl (C=O) groups is 1. The average Bonchev–Trinajstić information content (AvgIpc) is 3.18. The highest BCUT2D eigenvalue weighted by Gasteiger charge is 2.14. The molecule has 2 aromatic heterocycles. The number of nitrogens with one attached hydrogen (secondary N) is 1. The molecule has 2 heterocycles. The summed E-state index contributed by atoms with van der Waals surface area (Å²) in [5.41, 5.74) is 8.29. The van der Waals surface area contributed by atoms with Gasteiger partial charge in [-0.05, 0) is 42.8 Å². The van der Waals surface area contributed by atoms with Crippen LogP contribution < -0.4 is 11.1 Å². The number of furan rings is 1. The second-order valence-corrected chi connectivity index (χ2v) is 5.56. The van der Waals surface area contributed by atoms with E-state index in [-0.39, 0.29) is 17.5 Å². The van der Waals surface area contributed by atoms with Gasteiger partial charge in [-0.25, -0.2) is 4.68 Å². The van der Waals surface area contributed by atoms with Crippen molar-refractivity contribution in [2.45, 2.75) is 20.3 Å². The molecule has 3 N–H and O–H groups in total. The highest BCUT2D eigenvalue weighted by Crippen LogP contribution is 2.19. The van der Waals surface area contributed by atoms with Gasteiger partial charge in [-0.15, -0.1) is 5.10 Å². The minimum atomic E-state index is -0.300. The van der Waals surface area contributed by atoms with Crippen LogP contribution in [0.1, 0.15) is 34.4 Å². The van der Waals surface area contributed by atoms with E-state index < -0.39 is 0 Å². The summed E-state index contributed by atoms with van der Waals surface area (Å²) in [7, 11) is 0. The predicted octanol–water partition coefficient (Wildman–Crippen LogP) is 3.04. The lowest BCUT2D eigenvalue weighted by Gasteiger charge is -2.05. The zero-order valence-corrected chi connectivity index (χ0v) is 13.9. The molecule has 126 valence electrons. The largest absolute Gasteiger partial charge is 0.456 e. The summed E-state index contributed by atoms with van der Waals surface area (Å²) in [5, 5.41) is 15.8. The molecule has 1 amide bonds. The van der Waals surface area contributed by atoms with Crippen LogP contribution in [0.4, 0.5) is 11.5 Å². The van der Waals surface area contributed by atoms with Crippen LogP contribution in [0.2, 0.25) is 0 Å². The van der Waals surface area contributed by atoms with Gasteiger partial charge in [0.15, 0.2) is 11.6 Å². The number of aryl methyl sites for hydroxylation is 2. The minimum Gasteiger partial charge on any atom is -0.456 e. The van der Waals surface area contributed by atoms with Gasteiger partial charge in [0.05, 0.1) is 11.9 Å². The Balaban J connectivity index is 1.75. The number of rotatable bonds is 4. The van der Waals surface area contributed by atoms with Crippen LogP contribution in [-0.4, -0.2) is 15.7 Å². The third-order valence-electron chi connectivity index (χ3n) is 3.82. The Labute approximate surface area is 144 Å². The molecule has 0 spiro atoms.